The topological polar surface area (TPSA) is 87.3 Å². The van der Waals surface area contributed by atoms with Crippen molar-refractivity contribution in [2.24, 2.45) is 0 Å². The Bertz CT molecular complexity index is 1290. The fraction of sp³-hybridized carbons (Fsp3) is 0.227. The fourth-order valence-corrected chi connectivity index (χ4v) is 5.34. The van der Waals surface area contributed by atoms with Gasteiger partial charge in [-0.15, -0.1) is 0 Å². The summed E-state index contributed by atoms with van der Waals surface area (Å²) in [5.74, 6) is 0. The summed E-state index contributed by atoms with van der Waals surface area (Å²) in [5.41, 5.74) is 0.131. The van der Waals surface area contributed by atoms with E-state index in [1.165, 1.54) is 35.6 Å². The number of hydrogen-bond acceptors (Lipinski definition) is 4. The van der Waals surface area contributed by atoms with E-state index in [9.17, 15) is 26.4 Å². The number of benzene rings is 2. The van der Waals surface area contributed by atoms with Gasteiger partial charge in [-0.3, -0.25) is 0 Å². The Balaban J connectivity index is 1.62. The van der Waals surface area contributed by atoms with Crippen LogP contribution in [0.1, 0.15) is 25.3 Å². The fourth-order valence-electron chi connectivity index (χ4n) is 3.19. The number of rotatable bonds is 6. The molecule has 6 nitrogen and oxygen atoms in total. The van der Waals surface area contributed by atoms with E-state index >= 15 is 0 Å². The number of carbonyl (C=O) groups is 1. The lowest BCUT2D eigenvalue weighted by Crippen LogP contribution is -2.34. The average Bonchev–Trinajstić information content (AvgIpc) is 3.21. The molecule has 0 atom stereocenters. The van der Waals surface area contributed by atoms with Crippen LogP contribution in [0.25, 0.3) is 11.1 Å². The number of halogens is 3. The van der Waals surface area contributed by atoms with Crippen molar-refractivity contribution >= 4 is 38.8 Å². The van der Waals surface area contributed by atoms with Gasteiger partial charge in [-0.05, 0) is 72.5 Å². The van der Waals surface area contributed by atoms with Gasteiger partial charge in [0, 0.05) is 16.8 Å². The summed E-state index contributed by atoms with van der Waals surface area (Å²) in [6.45, 7) is 1.81. The van der Waals surface area contributed by atoms with E-state index < -0.39 is 33.3 Å². The molecule has 1 aliphatic carbocycles. The third-order valence-electron chi connectivity index (χ3n) is 5.21. The second-order valence-corrected chi connectivity index (χ2v) is 10.5. The largest absolute Gasteiger partial charge is 0.416 e. The molecule has 1 heterocycles. The maximum absolute atomic E-state index is 13.0. The van der Waals surface area contributed by atoms with Crippen LogP contribution in [0, 0.1) is 0 Å². The maximum Gasteiger partial charge on any atom is 0.416 e. The summed E-state index contributed by atoms with van der Waals surface area (Å²) in [6, 6.07) is 9.63. The van der Waals surface area contributed by atoms with Gasteiger partial charge in [-0.2, -0.15) is 24.5 Å². The van der Waals surface area contributed by atoms with Gasteiger partial charge in [-0.25, -0.2) is 17.9 Å². The zero-order valence-corrected chi connectivity index (χ0v) is 19.0. The van der Waals surface area contributed by atoms with Gasteiger partial charge in [0.1, 0.15) is 0 Å². The number of nitrogens with one attached hydrogen (secondary N) is 3. The van der Waals surface area contributed by atoms with Crippen LogP contribution >= 0.6 is 11.3 Å². The summed E-state index contributed by atoms with van der Waals surface area (Å²) in [7, 11) is -3.82. The number of hydrogen-bond donors (Lipinski definition) is 3. The van der Waals surface area contributed by atoms with Gasteiger partial charge in [0.05, 0.1) is 16.1 Å². The van der Waals surface area contributed by atoms with Gasteiger partial charge in [-0.1, -0.05) is 12.1 Å². The summed E-state index contributed by atoms with van der Waals surface area (Å²) >= 11 is 1.43. The first kappa shape index (κ1) is 23.3. The molecule has 0 saturated heterocycles. The first-order valence-electron chi connectivity index (χ1n) is 9.91. The Morgan fingerprint density at radius 1 is 1.06 bits per heavy atom. The van der Waals surface area contributed by atoms with Crippen LogP contribution in [-0.2, 0) is 16.2 Å². The van der Waals surface area contributed by atoms with Crippen molar-refractivity contribution in [1.29, 1.82) is 0 Å². The highest BCUT2D eigenvalue weighted by atomic mass is 32.2. The molecule has 1 saturated carbocycles. The zero-order valence-electron chi connectivity index (χ0n) is 17.4. The molecule has 3 N–H and O–H groups in total. The Kier molecular flexibility index (Phi) is 5.97. The van der Waals surface area contributed by atoms with Crippen molar-refractivity contribution in [3.63, 3.8) is 0 Å². The molecule has 1 fully saturated rings. The molecule has 174 valence electrons. The minimum absolute atomic E-state index is 0.0241. The van der Waals surface area contributed by atoms with Crippen molar-refractivity contribution in [3.05, 3.63) is 64.9 Å². The molecule has 11 heteroatoms. The van der Waals surface area contributed by atoms with Crippen LogP contribution in [0.3, 0.4) is 0 Å². The lowest BCUT2D eigenvalue weighted by Gasteiger charge is -2.16. The average molecular weight is 496 g/mol. The van der Waals surface area contributed by atoms with Gasteiger partial charge in [0.15, 0.2) is 0 Å². The van der Waals surface area contributed by atoms with E-state index in [2.05, 4.69) is 15.4 Å². The van der Waals surface area contributed by atoms with Crippen molar-refractivity contribution in [2.45, 2.75) is 36.4 Å². The predicted molar refractivity (Wildman–Crippen MR) is 122 cm³/mol. The van der Waals surface area contributed by atoms with Gasteiger partial charge < -0.3 is 10.6 Å². The number of urea groups is 1. The minimum Gasteiger partial charge on any atom is -0.308 e. The lowest BCUT2D eigenvalue weighted by atomic mass is 10.1. The normalized spacial score (nSPS) is 15.2. The molecule has 0 radical (unpaired) electrons. The van der Waals surface area contributed by atoms with Crippen molar-refractivity contribution in [2.75, 3.05) is 10.6 Å². The van der Waals surface area contributed by atoms with Crippen molar-refractivity contribution in [3.8, 4) is 11.1 Å². The Hall–Kier alpha value is -2.89. The van der Waals surface area contributed by atoms with Crippen LogP contribution in [0.4, 0.5) is 29.3 Å². The van der Waals surface area contributed by atoms with Crippen molar-refractivity contribution < 1.29 is 26.4 Å². The van der Waals surface area contributed by atoms with E-state index in [0.717, 1.165) is 30.5 Å². The quantitative estimate of drug-likeness (QED) is 0.397. The number of carbonyl (C=O) groups excluding carboxylic acids is 1. The van der Waals surface area contributed by atoms with Crippen LogP contribution in [0.15, 0.2) is 64.2 Å². The highest BCUT2D eigenvalue weighted by Gasteiger charge is 2.41. The molecule has 2 amide bonds. The van der Waals surface area contributed by atoms with Gasteiger partial charge in [0.2, 0.25) is 10.0 Å². The van der Waals surface area contributed by atoms with E-state index in [1.807, 2.05) is 23.8 Å². The Morgan fingerprint density at radius 2 is 1.82 bits per heavy atom. The molecule has 0 spiro atoms. The van der Waals surface area contributed by atoms with Crippen LogP contribution in [0.5, 0.6) is 0 Å². The van der Waals surface area contributed by atoms with Gasteiger partial charge in [0.25, 0.3) is 0 Å². The van der Waals surface area contributed by atoms with E-state index in [-0.39, 0.29) is 16.3 Å². The van der Waals surface area contributed by atoms with E-state index in [4.69, 9.17) is 0 Å². The highest BCUT2D eigenvalue weighted by molar-refractivity contribution is 7.89. The number of amides is 2. The predicted octanol–water partition coefficient (Wildman–Crippen LogP) is 5.91. The van der Waals surface area contributed by atoms with E-state index in [0.29, 0.717) is 5.56 Å². The van der Waals surface area contributed by atoms with Crippen LogP contribution in [-0.4, -0.2) is 20.0 Å². The van der Waals surface area contributed by atoms with Crippen LogP contribution in [0.2, 0.25) is 0 Å². The number of anilines is 2. The summed E-state index contributed by atoms with van der Waals surface area (Å²) < 4.78 is 67.1. The SMILES string of the molecule is CC1(NS(=O)(=O)c2ccc(-c3ccsc3)c(NC(=O)Nc3cccc(C(F)(F)F)c3)c2)CC1. The molecular formula is C22H20F3N3O3S2. The molecular weight excluding hydrogens is 475 g/mol. The van der Waals surface area contributed by atoms with Crippen molar-refractivity contribution in [1.82, 2.24) is 4.72 Å². The standard InChI is InChI=1S/C22H20F3N3O3S2/c1-21(8-9-21)28-33(30,31)17-5-6-18(14-7-10-32-13-14)19(12-17)27-20(29)26-16-4-2-3-15(11-16)22(23,24)25/h2-7,10-13,28H,8-9H2,1H3,(H2,26,27,29). The molecule has 4 rings (SSSR count). The Morgan fingerprint density at radius 3 is 2.45 bits per heavy atom. The first-order chi connectivity index (χ1) is 15.5. The number of thiophene rings is 1. The second-order valence-electron chi connectivity index (χ2n) is 8.04. The number of alkyl halides is 3. The molecule has 1 aromatic heterocycles. The van der Waals surface area contributed by atoms with E-state index in [1.54, 1.807) is 6.07 Å². The molecule has 0 unspecified atom stereocenters. The maximum atomic E-state index is 13.0. The smallest absolute Gasteiger partial charge is 0.308 e. The summed E-state index contributed by atoms with van der Waals surface area (Å²) in [6.07, 6.45) is -3.07. The molecule has 0 bridgehead atoms. The molecule has 2 aromatic carbocycles. The van der Waals surface area contributed by atoms with Crippen LogP contribution < -0.4 is 15.4 Å². The highest BCUT2D eigenvalue weighted by Crippen LogP contribution is 2.37. The molecule has 1 aliphatic rings. The zero-order chi connectivity index (χ0) is 23.9. The third-order valence-corrected chi connectivity index (χ3v) is 7.53. The summed E-state index contributed by atoms with van der Waals surface area (Å²) in [4.78, 5) is 12.6. The molecule has 3 aromatic rings. The number of sulfonamides is 1. The molecule has 0 aliphatic heterocycles. The van der Waals surface area contributed by atoms with Gasteiger partial charge >= 0.3 is 12.2 Å². The second kappa shape index (κ2) is 8.47. The monoisotopic (exact) mass is 495 g/mol. The minimum atomic E-state index is -4.55. The lowest BCUT2D eigenvalue weighted by molar-refractivity contribution is -0.137. The summed E-state index contributed by atoms with van der Waals surface area (Å²) in [5, 5.41) is 8.62. The molecule has 33 heavy (non-hydrogen) atoms. The first-order valence-corrected chi connectivity index (χ1v) is 12.3. The third kappa shape index (κ3) is 5.55. The Labute approximate surface area is 192 Å².